The Hall–Kier alpha value is -2.06. The molecule has 0 aliphatic rings. The van der Waals surface area contributed by atoms with Crippen LogP contribution in [0.4, 0.5) is 11.4 Å². The molecule has 0 saturated carbocycles. The van der Waals surface area contributed by atoms with E-state index in [9.17, 15) is 8.42 Å². The third kappa shape index (κ3) is 3.28. The minimum atomic E-state index is -3.78. The summed E-state index contributed by atoms with van der Waals surface area (Å²) in [5.74, 6) is 0.964. The van der Waals surface area contributed by atoms with E-state index in [1.807, 2.05) is 17.8 Å². The maximum atomic E-state index is 11.2. The number of rotatable bonds is 5. The zero-order valence-electron chi connectivity index (χ0n) is 11.1. The van der Waals surface area contributed by atoms with E-state index in [4.69, 9.17) is 10.9 Å². The molecular formula is C12H17N5O2S. The fraction of sp³-hybridized carbons (Fsp3) is 0.250. The maximum Gasteiger partial charge on any atom is 0.240 e. The number of nitrogens with zero attached hydrogens (tertiary/aromatic N) is 2. The van der Waals surface area contributed by atoms with Crippen LogP contribution < -0.4 is 16.2 Å². The number of aromatic nitrogens is 2. The third-order valence-corrected chi connectivity index (χ3v) is 3.90. The topological polar surface area (TPSA) is 116 Å². The van der Waals surface area contributed by atoms with Crippen LogP contribution in [0.5, 0.6) is 0 Å². The highest BCUT2D eigenvalue weighted by atomic mass is 32.2. The van der Waals surface area contributed by atoms with Gasteiger partial charge in [0.25, 0.3) is 0 Å². The molecule has 5 N–H and O–H groups in total. The van der Waals surface area contributed by atoms with E-state index < -0.39 is 10.0 Å². The van der Waals surface area contributed by atoms with Crippen molar-refractivity contribution in [3.63, 3.8) is 0 Å². The van der Waals surface area contributed by atoms with Crippen molar-refractivity contribution in [3.8, 4) is 0 Å². The molecule has 0 atom stereocenters. The number of hydrogen-bond acceptors (Lipinski definition) is 5. The summed E-state index contributed by atoms with van der Waals surface area (Å²) in [6.07, 6.45) is 4.38. The number of aryl methyl sites for hydroxylation is 1. The van der Waals surface area contributed by atoms with E-state index in [1.54, 1.807) is 18.3 Å². The standard InChI is InChI=1S/C12H17N5O2S/c1-17-7-6-16-12(17)4-5-15-9-2-3-11(10(13)8-9)20(14,18)19/h2-3,6-8,15H,4-5,13H2,1H3,(H2,14,18,19). The van der Waals surface area contributed by atoms with E-state index in [0.29, 0.717) is 6.54 Å². The third-order valence-electron chi connectivity index (χ3n) is 2.92. The molecule has 1 heterocycles. The number of primary sulfonamides is 1. The summed E-state index contributed by atoms with van der Waals surface area (Å²) >= 11 is 0. The lowest BCUT2D eigenvalue weighted by Gasteiger charge is -2.09. The summed E-state index contributed by atoms with van der Waals surface area (Å²) in [4.78, 5) is 4.15. The van der Waals surface area contributed by atoms with Crippen LogP contribution in [0.25, 0.3) is 0 Å². The molecule has 7 nitrogen and oxygen atoms in total. The minimum absolute atomic E-state index is 0.0628. The molecule has 20 heavy (non-hydrogen) atoms. The van der Waals surface area contributed by atoms with E-state index in [2.05, 4.69) is 10.3 Å². The highest BCUT2D eigenvalue weighted by Crippen LogP contribution is 2.21. The zero-order chi connectivity index (χ0) is 14.8. The molecule has 1 aromatic carbocycles. The molecule has 8 heteroatoms. The fourth-order valence-electron chi connectivity index (χ4n) is 1.87. The summed E-state index contributed by atoms with van der Waals surface area (Å²) in [5, 5.41) is 8.21. The van der Waals surface area contributed by atoms with Gasteiger partial charge in [-0.05, 0) is 18.2 Å². The monoisotopic (exact) mass is 295 g/mol. The molecular weight excluding hydrogens is 278 g/mol. The molecule has 2 aromatic rings. The van der Waals surface area contributed by atoms with Crippen molar-refractivity contribution in [1.29, 1.82) is 0 Å². The average molecular weight is 295 g/mol. The number of anilines is 2. The zero-order valence-corrected chi connectivity index (χ0v) is 11.9. The molecule has 1 aromatic heterocycles. The highest BCUT2D eigenvalue weighted by Gasteiger charge is 2.12. The molecule has 2 rings (SSSR count). The molecule has 0 saturated heterocycles. The molecule has 0 radical (unpaired) electrons. The van der Waals surface area contributed by atoms with Crippen LogP contribution in [0.1, 0.15) is 5.82 Å². The molecule has 0 aliphatic heterocycles. The number of sulfonamides is 1. The molecule has 0 spiro atoms. The van der Waals surface area contributed by atoms with E-state index in [-0.39, 0.29) is 10.6 Å². The van der Waals surface area contributed by atoms with Crippen molar-refractivity contribution >= 4 is 21.4 Å². The van der Waals surface area contributed by atoms with Crippen molar-refractivity contribution in [3.05, 3.63) is 36.4 Å². The lowest BCUT2D eigenvalue weighted by atomic mass is 10.2. The first-order valence-electron chi connectivity index (χ1n) is 6.00. The molecule has 108 valence electrons. The molecule has 0 bridgehead atoms. The van der Waals surface area contributed by atoms with Crippen molar-refractivity contribution in [2.45, 2.75) is 11.3 Å². The van der Waals surface area contributed by atoms with Crippen LogP contribution in [0.3, 0.4) is 0 Å². The predicted octanol–water partition coefficient (Wildman–Crippen LogP) is 0.304. The Morgan fingerprint density at radius 2 is 2.15 bits per heavy atom. The lowest BCUT2D eigenvalue weighted by molar-refractivity contribution is 0.598. The Bertz CT molecular complexity index is 708. The van der Waals surface area contributed by atoms with Gasteiger partial charge in [0.1, 0.15) is 10.7 Å². The number of benzene rings is 1. The SMILES string of the molecule is Cn1ccnc1CCNc1ccc(S(N)(=O)=O)c(N)c1. The van der Waals surface area contributed by atoms with Gasteiger partial charge in [-0.15, -0.1) is 0 Å². The van der Waals surface area contributed by atoms with Gasteiger partial charge < -0.3 is 15.6 Å². The van der Waals surface area contributed by atoms with E-state index >= 15 is 0 Å². The highest BCUT2D eigenvalue weighted by molar-refractivity contribution is 7.89. The lowest BCUT2D eigenvalue weighted by Crippen LogP contribution is -2.15. The molecule has 0 aliphatic carbocycles. The van der Waals surface area contributed by atoms with Gasteiger partial charge in [-0.1, -0.05) is 0 Å². The second-order valence-electron chi connectivity index (χ2n) is 4.43. The number of hydrogen-bond donors (Lipinski definition) is 3. The predicted molar refractivity (Wildman–Crippen MR) is 77.6 cm³/mol. The van der Waals surface area contributed by atoms with Gasteiger partial charge in [0.15, 0.2) is 0 Å². The smallest absolute Gasteiger partial charge is 0.240 e. The maximum absolute atomic E-state index is 11.2. The van der Waals surface area contributed by atoms with Gasteiger partial charge in [-0.3, -0.25) is 0 Å². The van der Waals surface area contributed by atoms with Gasteiger partial charge in [0.2, 0.25) is 10.0 Å². The Morgan fingerprint density at radius 3 is 2.70 bits per heavy atom. The van der Waals surface area contributed by atoms with Gasteiger partial charge in [0, 0.05) is 38.1 Å². The largest absolute Gasteiger partial charge is 0.398 e. The first-order chi connectivity index (χ1) is 9.38. The summed E-state index contributed by atoms with van der Waals surface area (Å²) < 4.78 is 24.4. The van der Waals surface area contributed by atoms with Crippen molar-refractivity contribution < 1.29 is 8.42 Å². The van der Waals surface area contributed by atoms with Gasteiger partial charge in [-0.25, -0.2) is 18.5 Å². The summed E-state index contributed by atoms with van der Waals surface area (Å²) in [6, 6.07) is 4.58. The number of nitrogens with one attached hydrogen (secondary N) is 1. The Labute approximate surface area is 117 Å². The Balaban J connectivity index is 2.01. The van der Waals surface area contributed by atoms with Crippen LogP contribution in [-0.4, -0.2) is 24.5 Å². The van der Waals surface area contributed by atoms with Crippen LogP contribution in [0.15, 0.2) is 35.5 Å². The quantitative estimate of drug-likeness (QED) is 0.686. The second kappa shape index (κ2) is 5.51. The van der Waals surface area contributed by atoms with Crippen molar-refractivity contribution in [2.75, 3.05) is 17.6 Å². The Kier molecular flexibility index (Phi) is 3.96. The van der Waals surface area contributed by atoms with Gasteiger partial charge in [-0.2, -0.15) is 0 Å². The van der Waals surface area contributed by atoms with Crippen molar-refractivity contribution in [2.24, 2.45) is 12.2 Å². The van der Waals surface area contributed by atoms with Crippen LogP contribution in [0, 0.1) is 0 Å². The molecule has 0 unspecified atom stereocenters. The van der Waals surface area contributed by atoms with E-state index in [1.165, 1.54) is 6.07 Å². The average Bonchev–Trinajstić information content (AvgIpc) is 2.73. The first-order valence-corrected chi connectivity index (χ1v) is 7.55. The molecule has 0 amide bonds. The van der Waals surface area contributed by atoms with Crippen LogP contribution in [0.2, 0.25) is 0 Å². The Morgan fingerprint density at radius 1 is 1.40 bits per heavy atom. The number of nitrogens with two attached hydrogens (primary N) is 2. The minimum Gasteiger partial charge on any atom is -0.398 e. The molecule has 0 fully saturated rings. The summed E-state index contributed by atoms with van der Waals surface area (Å²) in [7, 11) is -1.85. The van der Waals surface area contributed by atoms with Gasteiger partial charge >= 0.3 is 0 Å². The summed E-state index contributed by atoms with van der Waals surface area (Å²) in [6.45, 7) is 0.666. The summed E-state index contributed by atoms with van der Waals surface area (Å²) in [5.41, 5.74) is 6.56. The number of imidazole rings is 1. The van der Waals surface area contributed by atoms with Crippen molar-refractivity contribution in [1.82, 2.24) is 9.55 Å². The normalized spacial score (nSPS) is 11.5. The van der Waals surface area contributed by atoms with E-state index in [0.717, 1.165) is 17.9 Å². The second-order valence-corrected chi connectivity index (χ2v) is 5.96. The van der Waals surface area contributed by atoms with Crippen LogP contribution in [-0.2, 0) is 23.5 Å². The van der Waals surface area contributed by atoms with Gasteiger partial charge in [0.05, 0.1) is 5.69 Å². The number of nitrogen functional groups attached to an aromatic ring is 1. The van der Waals surface area contributed by atoms with Crippen LogP contribution >= 0.6 is 0 Å². The fourth-order valence-corrected chi connectivity index (χ4v) is 2.52. The first kappa shape index (κ1) is 14.4.